The molecule has 0 unspecified atom stereocenters. The molecule has 1 heterocycles. The van der Waals surface area contributed by atoms with E-state index in [2.05, 4.69) is 11.9 Å². The molecule has 1 saturated carbocycles. The van der Waals surface area contributed by atoms with Crippen LogP contribution in [0.5, 0.6) is 0 Å². The number of halogens is 4. The summed E-state index contributed by atoms with van der Waals surface area (Å²) in [6, 6.07) is 5.26. The first-order valence-electron chi connectivity index (χ1n) is 9.81. The standard InChI is InChI=1S/C22H25F4N/c1-2-3-4-5-14-6-8-15(9-7-14)16-10-11-17(19(23)12-16)18-13-20(24)22(26)27-21(18)25/h10-15H,2-9H2,1H3/t14-,15-. The van der Waals surface area contributed by atoms with Gasteiger partial charge in [-0.25, -0.2) is 8.78 Å². The van der Waals surface area contributed by atoms with Crippen molar-refractivity contribution in [3.05, 3.63) is 53.4 Å². The Bertz CT molecular complexity index is 782. The van der Waals surface area contributed by atoms with Gasteiger partial charge in [0.1, 0.15) is 5.82 Å². The molecule has 5 heteroatoms. The number of pyridine rings is 1. The predicted octanol–water partition coefficient (Wildman–Crippen LogP) is 7.16. The van der Waals surface area contributed by atoms with Crippen LogP contribution in [0, 0.1) is 29.4 Å². The van der Waals surface area contributed by atoms with Crippen LogP contribution in [0.2, 0.25) is 0 Å². The van der Waals surface area contributed by atoms with E-state index in [4.69, 9.17) is 0 Å². The Kier molecular flexibility index (Phi) is 6.51. The monoisotopic (exact) mass is 379 g/mol. The van der Waals surface area contributed by atoms with Gasteiger partial charge in [-0.3, -0.25) is 0 Å². The van der Waals surface area contributed by atoms with E-state index in [1.807, 2.05) is 0 Å². The van der Waals surface area contributed by atoms with Gasteiger partial charge >= 0.3 is 0 Å². The van der Waals surface area contributed by atoms with Gasteiger partial charge in [0.05, 0.1) is 0 Å². The van der Waals surface area contributed by atoms with E-state index in [-0.39, 0.29) is 11.1 Å². The molecule has 0 atom stereocenters. The largest absolute Gasteiger partial charge is 0.251 e. The average Bonchev–Trinajstić information content (AvgIpc) is 2.66. The van der Waals surface area contributed by atoms with Crippen LogP contribution in [0.1, 0.15) is 69.8 Å². The molecule has 1 fully saturated rings. The summed E-state index contributed by atoms with van der Waals surface area (Å²) >= 11 is 0. The molecule has 0 saturated heterocycles. The Morgan fingerprint density at radius 2 is 1.59 bits per heavy atom. The minimum absolute atomic E-state index is 0.101. The van der Waals surface area contributed by atoms with E-state index in [0.717, 1.165) is 37.2 Å². The quantitative estimate of drug-likeness (QED) is 0.295. The van der Waals surface area contributed by atoms with Crippen LogP contribution in [0.25, 0.3) is 11.1 Å². The molecule has 0 aliphatic heterocycles. The highest BCUT2D eigenvalue weighted by Crippen LogP contribution is 2.39. The van der Waals surface area contributed by atoms with Gasteiger partial charge in [-0.15, -0.1) is 0 Å². The molecule has 0 N–H and O–H groups in total. The molecule has 1 aromatic heterocycles. The van der Waals surface area contributed by atoms with E-state index >= 15 is 0 Å². The fraction of sp³-hybridized carbons (Fsp3) is 0.500. The summed E-state index contributed by atoms with van der Waals surface area (Å²) in [6.07, 6.45) is 9.42. The molecule has 1 aromatic carbocycles. The Hall–Kier alpha value is -1.91. The van der Waals surface area contributed by atoms with Gasteiger partial charge < -0.3 is 0 Å². The lowest BCUT2D eigenvalue weighted by molar-refractivity contribution is 0.302. The summed E-state index contributed by atoms with van der Waals surface area (Å²) in [5.41, 5.74) is 0.424. The molecule has 0 spiro atoms. The molecule has 2 aromatic rings. The van der Waals surface area contributed by atoms with Crippen LogP contribution in [0.15, 0.2) is 24.3 Å². The Labute approximate surface area is 157 Å². The van der Waals surface area contributed by atoms with Crippen molar-refractivity contribution in [3.63, 3.8) is 0 Å². The van der Waals surface area contributed by atoms with Crippen molar-refractivity contribution in [3.8, 4) is 11.1 Å². The fourth-order valence-electron chi connectivity index (χ4n) is 4.11. The molecule has 0 radical (unpaired) electrons. The van der Waals surface area contributed by atoms with Crippen molar-refractivity contribution in [1.29, 1.82) is 0 Å². The molecule has 0 amide bonds. The lowest BCUT2D eigenvalue weighted by Gasteiger charge is -2.29. The zero-order valence-corrected chi connectivity index (χ0v) is 15.6. The Morgan fingerprint density at radius 3 is 2.26 bits per heavy atom. The minimum Gasteiger partial charge on any atom is -0.206 e. The van der Waals surface area contributed by atoms with Crippen molar-refractivity contribution in [1.82, 2.24) is 4.98 Å². The molecule has 3 rings (SSSR count). The maximum atomic E-state index is 14.6. The third kappa shape index (κ3) is 4.69. The van der Waals surface area contributed by atoms with Crippen molar-refractivity contribution >= 4 is 0 Å². The second kappa shape index (κ2) is 8.85. The van der Waals surface area contributed by atoms with Crippen LogP contribution in [0.3, 0.4) is 0 Å². The van der Waals surface area contributed by atoms with Crippen molar-refractivity contribution < 1.29 is 17.6 Å². The van der Waals surface area contributed by atoms with Crippen LogP contribution >= 0.6 is 0 Å². The number of unbranched alkanes of at least 4 members (excludes halogenated alkanes) is 2. The molecule has 146 valence electrons. The lowest BCUT2D eigenvalue weighted by atomic mass is 9.77. The SMILES string of the molecule is CCCCC[C@H]1CC[C@H](c2ccc(-c3cc(F)c(F)nc3F)c(F)c2)CC1. The summed E-state index contributed by atoms with van der Waals surface area (Å²) in [5.74, 6) is -3.61. The minimum atomic E-state index is -1.52. The molecule has 1 aliphatic carbocycles. The third-order valence-corrected chi connectivity index (χ3v) is 5.70. The normalized spacial score (nSPS) is 20.0. The molecular weight excluding hydrogens is 354 g/mol. The van der Waals surface area contributed by atoms with Crippen molar-refractivity contribution in [2.75, 3.05) is 0 Å². The Balaban J connectivity index is 1.70. The van der Waals surface area contributed by atoms with Gasteiger partial charge in [-0.1, -0.05) is 44.7 Å². The highest BCUT2D eigenvalue weighted by Gasteiger charge is 2.23. The summed E-state index contributed by atoms with van der Waals surface area (Å²) in [7, 11) is 0. The third-order valence-electron chi connectivity index (χ3n) is 5.70. The van der Waals surface area contributed by atoms with Gasteiger partial charge in [0.2, 0.25) is 5.95 Å². The maximum Gasteiger partial charge on any atom is 0.251 e. The number of hydrogen-bond donors (Lipinski definition) is 0. The van der Waals surface area contributed by atoms with Gasteiger partial charge in [0.25, 0.3) is 5.95 Å². The smallest absolute Gasteiger partial charge is 0.206 e. The lowest BCUT2D eigenvalue weighted by Crippen LogP contribution is -2.13. The number of nitrogens with zero attached hydrogens (tertiary/aromatic N) is 1. The van der Waals surface area contributed by atoms with E-state index < -0.39 is 23.5 Å². The van der Waals surface area contributed by atoms with E-state index in [0.29, 0.717) is 12.0 Å². The molecule has 1 nitrogen and oxygen atoms in total. The van der Waals surface area contributed by atoms with E-state index in [1.54, 1.807) is 6.07 Å². The van der Waals surface area contributed by atoms with Gasteiger partial charge in [0, 0.05) is 11.1 Å². The average molecular weight is 379 g/mol. The van der Waals surface area contributed by atoms with Gasteiger partial charge in [0.15, 0.2) is 5.82 Å². The number of hydrogen-bond acceptors (Lipinski definition) is 1. The van der Waals surface area contributed by atoms with E-state index in [9.17, 15) is 17.6 Å². The zero-order valence-electron chi connectivity index (χ0n) is 15.6. The topological polar surface area (TPSA) is 12.9 Å². The second-order valence-corrected chi connectivity index (χ2v) is 7.55. The maximum absolute atomic E-state index is 14.6. The zero-order chi connectivity index (χ0) is 19.4. The second-order valence-electron chi connectivity index (χ2n) is 7.55. The number of rotatable bonds is 6. The molecular formula is C22H25F4N. The first-order chi connectivity index (χ1) is 13.0. The van der Waals surface area contributed by atoms with Gasteiger partial charge in [-0.2, -0.15) is 13.8 Å². The highest BCUT2D eigenvalue weighted by molar-refractivity contribution is 5.64. The van der Waals surface area contributed by atoms with Crippen molar-refractivity contribution in [2.45, 2.75) is 64.2 Å². The molecule has 27 heavy (non-hydrogen) atoms. The fourth-order valence-corrected chi connectivity index (χ4v) is 4.11. The first-order valence-corrected chi connectivity index (χ1v) is 9.81. The Morgan fingerprint density at radius 1 is 0.852 bits per heavy atom. The molecule has 0 bridgehead atoms. The molecule has 1 aliphatic rings. The number of aromatic nitrogens is 1. The first kappa shape index (κ1) is 19.8. The predicted molar refractivity (Wildman–Crippen MR) is 98.3 cm³/mol. The van der Waals surface area contributed by atoms with Gasteiger partial charge in [-0.05, 0) is 55.2 Å². The summed E-state index contributed by atoms with van der Waals surface area (Å²) in [4.78, 5) is 2.87. The van der Waals surface area contributed by atoms with E-state index in [1.165, 1.54) is 37.8 Å². The van der Waals surface area contributed by atoms with Crippen LogP contribution < -0.4 is 0 Å². The summed E-state index contributed by atoms with van der Waals surface area (Å²) < 4.78 is 54.8. The van der Waals surface area contributed by atoms with Crippen molar-refractivity contribution in [2.24, 2.45) is 5.92 Å². The van der Waals surface area contributed by atoms with Crippen LogP contribution in [-0.2, 0) is 0 Å². The summed E-state index contributed by atoms with van der Waals surface area (Å²) in [5, 5.41) is 0. The highest BCUT2D eigenvalue weighted by atomic mass is 19.2. The van der Waals surface area contributed by atoms with Crippen LogP contribution in [-0.4, -0.2) is 4.98 Å². The van der Waals surface area contributed by atoms with Crippen LogP contribution in [0.4, 0.5) is 17.6 Å². The number of benzene rings is 1. The summed E-state index contributed by atoms with van der Waals surface area (Å²) in [6.45, 7) is 2.21.